The Kier molecular flexibility index (Phi) is 6.31. The first-order chi connectivity index (χ1) is 9.43. The van der Waals surface area contributed by atoms with Gasteiger partial charge in [-0.05, 0) is 31.0 Å². The molecule has 0 aliphatic rings. The van der Waals surface area contributed by atoms with Gasteiger partial charge in [0.2, 0.25) is 0 Å². The second kappa shape index (κ2) is 7.75. The molecule has 0 aliphatic carbocycles. The number of carboxylic acids is 1. The second-order valence-corrected chi connectivity index (χ2v) is 5.03. The van der Waals surface area contributed by atoms with Crippen molar-refractivity contribution in [3.8, 4) is 0 Å². The fourth-order valence-electron chi connectivity index (χ4n) is 1.71. The number of carbonyl (C=O) groups excluding carboxylic acids is 1. The Hall–Kier alpha value is -1.75. The summed E-state index contributed by atoms with van der Waals surface area (Å²) in [7, 11) is 0. The van der Waals surface area contributed by atoms with E-state index in [0.717, 1.165) is 18.4 Å². The van der Waals surface area contributed by atoms with Gasteiger partial charge in [0.1, 0.15) is 6.04 Å². The van der Waals surface area contributed by atoms with Crippen LogP contribution in [-0.4, -0.2) is 23.1 Å². The third kappa shape index (κ3) is 5.09. The number of unbranched alkanes of at least 4 members (excludes halogenated alkanes) is 1. The van der Waals surface area contributed by atoms with Crippen LogP contribution in [0.5, 0.6) is 0 Å². The minimum Gasteiger partial charge on any atom is -0.480 e. The van der Waals surface area contributed by atoms with E-state index in [4.69, 9.17) is 16.7 Å². The number of aliphatic carboxylic acids is 1. The summed E-state index contributed by atoms with van der Waals surface area (Å²) in [5.74, 6) is -1.03. The van der Waals surface area contributed by atoms with Gasteiger partial charge >= 0.3 is 12.0 Å². The third-order valence-electron chi connectivity index (χ3n) is 2.90. The Bertz CT molecular complexity index is 491. The van der Waals surface area contributed by atoms with Crippen molar-refractivity contribution in [1.82, 2.24) is 5.32 Å². The molecule has 110 valence electrons. The van der Waals surface area contributed by atoms with Crippen molar-refractivity contribution in [3.63, 3.8) is 0 Å². The number of anilines is 1. The molecular weight excluding hydrogens is 280 g/mol. The molecule has 0 saturated carbocycles. The number of halogens is 1. The van der Waals surface area contributed by atoms with Gasteiger partial charge in [-0.1, -0.05) is 37.4 Å². The van der Waals surface area contributed by atoms with Crippen LogP contribution in [0.3, 0.4) is 0 Å². The Morgan fingerprint density at radius 3 is 2.70 bits per heavy atom. The molecule has 0 saturated heterocycles. The molecule has 0 aromatic heterocycles. The normalized spacial score (nSPS) is 11.8. The van der Waals surface area contributed by atoms with Crippen LogP contribution in [0, 0.1) is 6.92 Å². The van der Waals surface area contributed by atoms with Gasteiger partial charge in [-0.3, -0.25) is 0 Å². The van der Waals surface area contributed by atoms with E-state index in [1.165, 1.54) is 0 Å². The lowest BCUT2D eigenvalue weighted by Crippen LogP contribution is -2.43. The number of carbonyl (C=O) groups is 2. The van der Waals surface area contributed by atoms with Crippen molar-refractivity contribution in [1.29, 1.82) is 0 Å². The molecule has 6 heteroatoms. The molecule has 3 N–H and O–H groups in total. The quantitative estimate of drug-likeness (QED) is 0.753. The fourth-order valence-corrected chi connectivity index (χ4v) is 1.88. The maximum atomic E-state index is 11.8. The molecule has 1 atom stereocenters. The summed E-state index contributed by atoms with van der Waals surface area (Å²) < 4.78 is 0. The summed E-state index contributed by atoms with van der Waals surface area (Å²) in [4.78, 5) is 22.9. The molecule has 20 heavy (non-hydrogen) atoms. The number of benzene rings is 1. The van der Waals surface area contributed by atoms with E-state index >= 15 is 0 Å². The van der Waals surface area contributed by atoms with E-state index in [9.17, 15) is 9.59 Å². The van der Waals surface area contributed by atoms with Crippen molar-refractivity contribution in [2.24, 2.45) is 0 Å². The summed E-state index contributed by atoms with van der Waals surface area (Å²) in [6.45, 7) is 3.80. The Morgan fingerprint density at radius 2 is 2.10 bits per heavy atom. The molecule has 0 aliphatic heterocycles. The van der Waals surface area contributed by atoms with E-state index in [0.29, 0.717) is 17.1 Å². The smallest absolute Gasteiger partial charge is 0.326 e. The minimum absolute atomic E-state index is 0.410. The highest BCUT2D eigenvalue weighted by molar-refractivity contribution is 6.31. The molecule has 0 heterocycles. The molecule has 5 nitrogen and oxygen atoms in total. The number of rotatable bonds is 6. The standard InChI is InChI=1S/C14H19ClN2O3/c1-3-4-5-11(13(18)19)16-14(20)17-12-8-10(15)7-6-9(12)2/h6-8,11H,3-5H2,1-2H3,(H,18,19)(H2,16,17,20). The van der Waals surface area contributed by atoms with Gasteiger partial charge in [0, 0.05) is 10.7 Å². The van der Waals surface area contributed by atoms with E-state index in [1.54, 1.807) is 18.2 Å². The summed E-state index contributed by atoms with van der Waals surface area (Å²) in [6, 6.07) is 3.71. The Morgan fingerprint density at radius 1 is 1.40 bits per heavy atom. The summed E-state index contributed by atoms with van der Waals surface area (Å²) in [5.41, 5.74) is 1.42. The van der Waals surface area contributed by atoms with Crippen LogP contribution >= 0.6 is 11.6 Å². The molecule has 1 unspecified atom stereocenters. The zero-order valence-corrected chi connectivity index (χ0v) is 12.3. The number of nitrogens with one attached hydrogen (secondary N) is 2. The van der Waals surface area contributed by atoms with Crippen molar-refractivity contribution >= 4 is 29.3 Å². The second-order valence-electron chi connectivity index (χ2n) is 4.59. The minimum atomic E-state index is -1.03. The largest absolute Gasteiger partial charge is 0.480 e. The first-order valence-corrected chi connectivity index (χ1v) is 6.88. The predicted molar refractivity (Wildman–Crippen MR) is 79.3 cm³/mol. The van der Waals surface area contributed by atoms with Gasteiger partial charge in [0.15, 0.2) is 0 Å². The van der Waals surface area contributed by atoms with Crippen LogP contribution in [0.25, 0.3) is 0 Å². The van der Waals surface area contributed by atoms with Gasteiger partial charge in [-0.25, -0.2) is 9.59 Å². The van der Waals surface area contributed by atoms with Crippen molar-refractivity contribution in [2.75, 3.05) is 5.32 Å². The first kappa shape index (κ1) is 16.3. The number of urea groups is 1. The van der Waals surface area contributed by atoms with Crippen molar-refractivity contribution < 1.29 is 14.7 Å². The van der Waals surface area contributed by atoms with E-state index in [-0.39, 0.29) is 0 Å². The Balaban J connectivity index is 2.65. The van der Waals surface area contributed by atoms with Crippen LogP contribution < -0.4 is 10.6 Å². The maximum absolute atomic E-state index is 11.8. The van der Waals surface area contributed by atoms with E-state index < -0.39 is 18.0 Å². The van der Waals surface area contributed by atoms with Gasteiger partial charge in [0.25, 0.3) is 0 Å². The number of hydrogen-bond donors (Lipinski definition) is 3. The summed E-state index contributed by atoms with van der Waals surface area (Å²) in [5, 5.41) is 14.6. The zero-order chi connectivity index (χ0) is 15.1. The van der Waals surface area contributed by atoms with Crippen molar-refractivity contribution in [3.05, 3.63) is 28.8 Å². The van der Waals surface area contributed by atoms with Crippen LogP contribution in [0.1, 0.15) is 31.7 Å². The van der Waals surface area contributed by atoms with E-state index in [2.05, 4.69) is 10.6 Å². The highest BCUT2D eigenvalue weighted by Gasteiger charge is 2.19. The number of hydrogen-bond acceptors (Lipinski definition) is 2. The molecule has 2 amide bonds. The lowest BCUT2D eigenvalue weighted by Gasteiger charge is -2.15. The number of aryl methyl sites for hydroxylation is 1. The van der Waals surface area contributed by atoms with Crippen LogP contribution in [-0.2, 0) is 4.79 Å². The van der Waals surface area contributed by atoms with Gasteiger partial charge in [0.05, 0.1) is 0 Å². The fraction of sp³-hybridized carbons (Fsp3) is 0.429. The monoisotopic (exact) mass is 298 g/mol. The summed E-state index contributed by atoms with van der Waals surface area (Å²) in [6.07, 6.45) is 2.03. The molecular formula is C14H19ClN2O3. The predicted octanol–water partition coefficient (Wildman–Crippen LogP) is 3.41. The highest BCUT2D eigenvalue weighted by atomic mass is 35.5. The summed E-state index contributed by atoms with van der Waals surface area (Å²) >= 11 is 5.86. The average Bonchev–Trinajstić information content (AvgIpc) is 2.38. The van der Waals surface area contributed by atoms with Crippen LogP contribution in [0.15, 0.2) is 18.2 Å². The lowest BCUT2D eigenvalue weighted by molar-refractivity contribution is -0.139. The topological polar surface area (TPSA) is 78.4 Å². The maximum Gasteiger partial charge on any atom is 0.326 e. The van der Waals surface area contributed by atoms with Gasteiger partial charge < -0.3 is 15.7 Å². The SMILES string of the molecule is CCCCC(NC(=O)Nc1cc(Cl)ccc1C)C(=O)O. The van der Waals surface area contributed by atoms with Crippen LogP contribution in [0.4, 0.5) is 10.5 Å². The van der Waals surface area contributed by atoms with Gasteiger partial charge in [-0.2, -0.15) is 0 Å². The zero-order valence-electron chi connectivity index (χ0n) is 11.6. The number of carboxylic acid groups (broad SMARTS) is 1. The Labute approximate surface area is 123 Å². The molecule has 0 fully saturated rings. The lowest BCUT2D eigenvalue weighted by atomic mass is 10.1. The molecule has 1 rings (SSSR count). The van der Waals surface area contributed by atoms with Crippen molar-refractivity contribution in [2.45, 2.75) is 39.2 Å². The molecule has 1 aromatic carbocycles. The molecule has 1 aromatic rings. The average molecular weight is 299 g/mol. The number of amides is 2. The molecule has 0 radical (unpaired) electrons. The van der Waals surface area contributed by atoms with Crippen LogP contribution in [0.2, 0.25) is 5.02 Å². The molecule has 0 spiro atoms. The highest BCUT2D eigenvalue weighted by Crippen LogP contribution is 2.20. The van der Waals surface area contributed by atoms with Gasteiger partial charge in [-0.15, -0.1) is 0 Å². The third-order valence-corrected chi connectivity index (χ3v) is 3.13. The first-order valence-electron chi connectivity index (χ1n) is 6.50. The van der Waals surface area contributed by atoms with E-state index in [1.807, 2.05) is 13.8 Å². The molecule has 0 bridgehead atoms.